The monoisotopic (exact) mass is 448 g/mol. The average Bonchev–Trinajstić information content (AvgIpc) is 3.22. The Bertz CT molecular complexity index is 1190. The summed E-state index contributed by atoms with van der Waals surface area (Å²) >= 11 is 0. The smallest absolute Gasteiger partial charge is 0.387 e. The van der Waals surface area contributed by atoms with Crippen molar-refractivity contribution in [2.45, 2.75) is 20.5 Å². The molecule has 0 N–H and O–H groups in total. The molecule has 1 aromatic heterocycles. The molecule has 33 heavy (non-hydrogen) atoms. The number of halogens is 2. The standard InChI is InChI=1S/C26H22F2N2O3/c1-3-32-25(31)23-16-30(29-17(23)2)20-14-21(18-10-6-4-7-11-18)24(33-26(27)28)22(15-20)19-12-8-5-9-13-19/h4-16,26H,3H2,1-2H3. The number of aromatic nitrogens is 2. The fourth-order valence-electron chi connectivity index (χ4n) is 3.63. The number of esters is 1. The summed E-state index contributed by atoms with van der Waals surface area (Å²) in [6.07, 6.45) is 1.58. The van der Waals surface area contributed by atoms with Crippen molar-refractivity contribution < 1.29 is 23.0 Å². The molecule has 0 saturated carbocycles. The van der Waals surface area contributed by atoms with Gasteiger partial charge in [-0.2, -0.15) is 13.9 Å². The molecular weight excluding hydrogens is 426 g/mol. The number of carbonyl (C=O) groups excluding carboxylic acids is 1. The first-order valence-electron chi connectivity index (χ1n) is 10.5. The summed E-state index contributed by atoms with van der Waals surface area (Å²) in [6, 6.07) is 21.7. The van der Waals surface area contributed by atoms with E-state index in [-0.39, 0.29) is 12.4 Å². The van der Waals surface area contributed by atoms with Crippen LogP contribution >= 0.6 is 0 Å². The van der Waals surface area contributed by atoms with Crippen molar-refractivity contribution in [2.75, 3.05) is 6.61 Å². The molecule has 0 spiro atoms. The second-order valence-corrected chi connectivity index (χ2v) is 7.27. The molecule has 0 amide bonds. The molecule has 4 aromatic rings. The minimum absolute atomic E-state index is 0.0700. The van der Waals surface area contributed by atoms with Gasteiger partial charge in [-0.05, 0) is 37.1 Å². The van der Waals surface area contributed by atoms with Crippen LogP contribution in [0.4, 0.5) is 8.78 Å². The maximum Gasteiger partial charge on any atom is 0.387 e. The SMILES string of the molecule is CCOC(=O)c1cn(-c2cc(-c3ccccc3)c(OC(F)F)c(-c3ccccc3)c2)nc1C. The van der Waals surface area contributed by atoms with Gasteiger partial charge in [0, 0.05) is 17.3 Å². The third-order valence-corrected chi connectivity index (χ3v) is 5.11. The second-order valence-electron chi connectivity index (χ2n) is 7.27. The van der Waals surface area contributed by atoms with Gasteiger partial charge in [0.25, 0.3) is 0 Å². The van der Waals surface area contributed by atoms with Gasteiger partial charge in [-0.1, -0.05) is 60.7 Å². The van der Waals surface area contributed by atoms with Crippen LogP contribution in [0.5, 0.6) is 5.75 Å². The zero-order valence-corrected chi connectivity index (χ0v) is 18.2. The molecular formula is C26H22F2N2O3. The summed E-state index contributed by atoms with van der Waals surface area (Å²) in [5.74, 6) is -0.397. The van der Waals surface area contributed by atoms with E-state index < -0.39 is 12.6 Å². The molecule has 168 valence electrons. The van der Waals surface area contributed by atoms with E-state index in [1.165, 1.54) is 0 Å². The number of hydrogen-bond acceptors (Lipinski definition) is 4. The largest absolute Gasteiger partial charge is 0.462 e. The molecule has 1 heterocycles. The maximum atomic E-state index is 13.5. The number of aryl methyl sites for hydroxylation is 1. The lowest BCUT2D eigenvalue weighted by molar-refractivity contribution is -0.0490. The van der Waals surface area contributed by atoms with E-state index in [2.05, 4.69) is 5.10 Å². The molecule has 0 unspecified atom stereocenters. The highest BCUT2D eigenvalue weighted by molar-refractivity contribution is 5.90. The predicted molar refractivity (Wildman–Crippen MR) is 122 cm³/mol. The van der Waals surface area contributed by atoms with Crippen LogP contribution in [0.25, 0.3) is 27.9 Å². The van der Waals surface area contributed by atoms with Crippen LogP contribution in [0.2, 0.25) is 0 Å². The molecule has 0 fully saturated rings. The van der Waals surface area contributed by atoms with Gasteiger partial charge in [0.05, 0.1) is 18.0 Å². The van der Waals surface area contributed by atoms with E-state index >= 15 is 0 Å². The van der Waals surface area contributed by atoms with Crippen LogP contribution in [-0.4, -0.2) is 29.0 Å². The molecule has 0 aliphatic rings. The molecule has 4 rings (SSSR count). The number of alkyl halides is 2. The lowest BCUT2D eigenvalue weighted by atomic mass is 9.96. The third-order valence-electron chi connectivity index (χ3n) is 5.11. The first kappa shape index (κ1) is 22.2. The number of ether oxygens (including phenoxy) is 2. The molecule has 0 aliphatic carbocycles. The minimum Gasteiger partial charge on any atom is -0.462 e. The topological polar surface area (TPSA) is 53.4 Å². The van der Waals surface area contributed by atoms with E-state index in [0.29, 0.717) is 39.2 Å². The van der Waals surface area contributed by atoms with Crippen molar-refractivity contribution in [1.29, 1.82) is 0 Å². The van der Waals surface area contributed by atoms with Gasteiger partial charge in [0.2, 0.25) is 0 Å². The second kappa shape index (κ2) is 9.65. The van der Waals surface area contributed by atoms with Gasteiger partial charge in [-0.25, -0.2) is 9.48 Å². The molecule has 0 atom stereocenters. The van der Waals surface area contributed by atoms with Gasteiger partial charge >= 0.3 is 12.6 Å². The fourth-order valence-corrected chi connectivity index (χ4v) is 3.63. The highest BCUT2D eigenvalue weighted by Crippen LogP contribution is 2.42. The first-order chi connectivity index (χ1) is 16.0. The zero-order valence-electron chi connectivity index (χ0n) is 18.2. The Morgan fingerprint density at radius 3 is 2.00 bits per heavy atom. The van der Waals surface area contributed by atoms with Crippen LogP contribution in [0.1, 0.15) is 23.0 Å². The van der Waals surface area contributed by atoms with E-state index in [1.807, 2.05) is 60.7 Å². The minimum atomic E-state index is -3.00. The Hall–Kier alpha value is -4.00. The Morgan fingerprint density at radius 2 is 1.52 bits per heavy atom. The van der Waals surface area contributed by atoms with Gasteiger partial charge in [-0.15, -0.1) is 0 Å². The highest BCUT2D eigenvalue weighted by atomic mass is 19.3. The number of rotatable bonds is 7. The molecule has 0 saturated heterocycles. The van der Waals surface area contributed by atoms with Crippen molar-refractivity contribution >= 4 is 5.97 Å². The Labute approximate surface area is 190 Å². The molecule has 0 bridgehead atoms. The predicted octanol–water partition coefficient (Wildman–Crippen LogP) is 6.29. The van der Waals surface area contributed by atoms with E-state index in [1.54, 1.807) is 36.9 Å². The molecule has 5 nitrogen and oxygen atoms in total. The lowest BCUT2D eigenvalue weighted by Gasteiger charge is -2.18. The summed E-state index contributed by atoms with van der Waals surface area (Å²) in [7, 11) is 0. The van der Waals surface area contributed by atoms with E-state index in [0.717, 1.165) is 0 Å². The summed E-state index contributed by atoms with van der Waals surface area (Å²) in [6.45, 7) is 0.702. The number of carbonyl (C=O) groups is 1. The van der Waals surface area contributed by atoms with Gasteiger partial charge < -0.3 is 9.47 Å². The van der Waals surface area contributed by atoms with Crippen LogP contribution in [-0.2, 0) is 4.74 Å². The Kier molecular flexibility index (Phi) is 6.49. The Morgan fingerprint density at radius 1 is 0.970 bits per heavy atom. The van der Waals surface area contributed by atoms with Crippen molar-refractivity contribution in [3.63, 3.8) is 0 Å². The normalized spacial score (nSPS) is 10.9. The molecule has 3 aromatic carbocycles. The van der Waals surface area contributed by atoms with Crippen molar-refractivity contribution in [3.8, 4) is 33.7 Å². The van der Waals surface area contributed by atoms with Crippen LogP contribution < -0.4 is 4.74 Å². The Balaban J connectivity index is 1.96. The maximum absolute atomic E-state index is 13.5. The van der Waals surface area contributed by atoms with Gasteiger partial charge in [-0.3, -0.25) is 0 Å². The van der Waals surface area contributed by atoms with E-state index in [4.69, 9.17) is 9.47 Å². The van der Waals surface area contributed by atoms with Crippen molar-refractivity contribution in [3.05, 3.63) is 90.3 Å². The molecule has 0 radical (unpaired) electrons. The molecule has 0 aliphatic heterocycles. The first-order valence-corrected chi connectivity index (χ1v) is 10.5. The number of nitrogens with zero attached hydrogens (tertiary/aromatic N) is 2. The summed E-state index contributed by atoms with van der Waals surface area (Å²) in [5.41, 5.74) is 3.82. The summed E-state index contributed by atoms with van der Waals surface area (Å²) in [4.78, 5) is 12.3. The van der Waals surface area contributed by atoms with Crippen molar-refractivity contribution in [1.82, 2.24) is 9.78 Å². The average molecular weight is 448 g/mol. The highest BCUT2D eigenvalue weighted by Gasteiger charge is 2.21. The molecule has 7 heteroatoms. The van der Waals surface area contributed by atoms with Gasteiger partial charge in [0.1, 0.15) is 11.3 Å². The number of hydrogen-bond donors (Lipinski definition) is 0. The summed E-state index contributed by atoms with van der Waals surface area (Å²) < 4.78 is 38.6. The van der Waals surface area contributed by atoms with Crippen LogP contribution in [0.3, 0.4) is 0 Å². The van der Waals surface area contributed by atoms with Crippen LogP contribution in [0.15, 0.2) is 79.0 Å². The third kappa shape index (κ3) is 4.77. The van der Waals surface area contributed by atoms with Crippen molar-refractivity contribution in [2.24, 2.45) is 0 Å². The number of benzene rings is 3. The zero-order chi connectivity index (χ0) is 23.4. The van der Waals surface area contributed by atoms with Gasteiger partial charge in [0.15, 0.2) is 0 Å². The fraction of sp³-hybridized carbons (Fsp3) is 0.154. The lowest BCUT2D eigenvalue weighted by Crippen LogP contribution is -2.06. The van der Waals surface area contributed by atoms with E-state index in [9.17, 15) is 13.6 Å². The van der Waals surface area contributed by atoms with Crippen LogP contribution in [0, 0.1) is 6.92 Å². The summed E-state index contributed by atoms with van der Waals surface area (Å²) in [5, 5.41) is 4.47. The quantitative estimate of drug-likeness (QED) is 0.312.